The number of ether oxygens (including phenoxy) is 1. The van der Waals surface area contributed by atoms with Crippen LogP contribution >= 0.6 is 11.6 Å². The summed E-state index contributed by atoms with van der Waals surface area (Å²) in [6, 6.07) is 19.6. The number of benzene rings is 3. The first-order chi connectivity index (χ1) is 18.1. The van der Waals surface area contributed by atoms with Crippen molar-refractivity contribution in [3.8, 4) is 5.75 Å². The summed E-state index contributed by atoms with van der Waals surface area (Å²) in [7, 11) is -1.32. The Balaban J connectivity index is 2.05. The molecule has 10 heteroatoms. The lowest BCUT2D eigenvalue weighted by atomic mass is 10.1. The molecule has 3 rings (SSSR count). The van der Waals surface area contributed by atoms with Crippen molar-refractivity contribution in [3.05, 3.63) is 88.9 Å². The minimum Gasteiger partial charge on any atom is -0.495 e. The number of nitrogens with one attached hydrogen (secondary N) is 1. The van der Waals surface area contributed by atoms with Gasteiger partial charge < -0.3 is 15.0 Å². The van der Waals surface area contributed by atoms with E-state index in [-0.39, 0.29) is 33.8 Å². The minimum atomic E-state index is -4.22. The average molecular weight is 558 g/mol. The molecule has 1 atom stereocenters. The third-order valence-electron chi connectivity index (χ3n) is 6.20. The fourth-order valence-electron chi connectivity index (χ4n) is 3.99. The molecule has 0 bridgehead atoms. The van der Waals surface area contributed by atoms with Crippen molar-refractivity contribution in [1.82, 2.24) is 10.2 Å². The van der Waals surface area contributed by atoms with E-state index in [1.54, 1.807) is 31.2 Å². The van der Waals surface area contributed by atoms with Crippen molar-refractivity contribution in [2.24, 2.45) is 0 Å². The highest BCUT2D eigenvalue weighted by atomic mass is 35.5. The molecule has 38 heavy (non-hydrogen) atoms. The molecule has 3 aromatic rings. The van der Waals surface area contributed by atoms with E-state index in [0.29, 0.717) is 6.42 Å². The lowest BCUT2D eigenvalue weighted by Crippen LogP contribution is -2.51. The molecule has 0 spiro atoms. The fourth-order valence-corrected chi connectivity index (χ4v) is 5.57. The van der Waals surface area contributed by atoms with Gasteiger partial charge in [-0.15, -0.1) is 0 Å². The van der Waals surface area contributed by atoms with Gasteiger partial charge in [0.2, 0.25) is 11.8 Å². The molecule has 0 radical (unpaired) electrons. The van der Waals surface area contributed by atoms with Crippen molar-refractivity contribution >= 4 is 39.1 Å². The second-order valence-electron chi connectivity index (χ2n) is 8.75. The normalized spacial score (nSPS) is 11.9. The van der Waals surface area contributed by atoms with Crippen LogP contribution in [0.2, 0.25) is 5.02 Å². The van der Waals surface area contributed by atoms with Crippen LogP contribution < -0.4 is 14.4 Å². The van der Waals surface area contributed by atoms with Crippen molar-refractivity contribution < 1.29 is 22.7 Å². The molecule has 1 unspecified atom stereocenters. The van der Waals surface area contributed by atoms with E-state index in [9.17, 15) is 18.0 Å². The third kappa shape index (κ3) is 6.85. The fraction of sp³-hybridized carbons (Fsp3) is 0.286. The maximum Gasteiger partial charge on any atom is 0.264 e. The van der Waals surface area contributed by atoms with E-state index in [1.807, 2.05) is 37.3 Å². The summed E-state index contributed by atoms with van der Waals surface area (Å²) >= 11 is 6.24. The van der Waals surface area contributed by atoms with Gasteiger partial charge in [-0.1, -0.05) is 59.6 Å². The largest absolute Gasteiger partial charge is 0.495 e. The summed E-state index contributed by atoms with van der Waals surface area (Å²) in [5.41, 5.74) is 1.98. The Kier molecular flexibility index (Phi) is 9.77. The van der Waals surface area contributed by atoms with E-state index in [0.717, 1.165) is 15.4 Å². The Hall–Kier alpha value is -3.56. The second kappa shape index (κ2) is 12.8. The first-order valence-electron chi connectivity index (χ1n) is 12.1. The molecule has 8 nitrogen and oxygen atoms in total. The van der Waals surface area contributed by atoms with E-state index < -0.39 is 28.5 Å². The molecule has 0 fully saturated rings. The highest BCUT2D eigenvalue weighted by Crippen LogP contribution is 2.35. The van der Waals surface area contributed by atoms with Gasteiger partial charge in [-0.3, -0.25) is 13.9 Å². The number of carbonyl (C=O) groups excluding carboxylic acids is 2. The van der Waals surface area contributed by atoms with Gasteiger partial charge >= 0.3 is 0 Å². The zero-order valence-electron chi connectivity index (χ0n) is 21.8. The molecule has 0 saturated carbocycles. The molecule has 0 aliphatic rings. The Labute approximate surface area is 229 Å². The van der Waals surface area contributed by atoms with Crippen LogP contribution in [0.25, 0.3) is 0 Å². The van der Waals surface area contributed by atoms with Crippen molar-refractivity contribution in [2.45, 2.75) is 31.2 Å². The monoisotopic (exact) mass is 557 g/mol. The smallest absolute Gasteiger partial charge is 0.264 e. The SMILES string of the molecule is CNC(=O)C(C)N(CCc1ccccc1)C(=O)CN(c1cc(Cl)ccc1OC)S(=O)(=O)c1ccc(C)cc1. The predicted octanol–water partition coefficient (Wildman–Crippen LogP) is 4.06. The van der Waals surface area contributed by atoms with Crippen LogP contribution in [0.1, 0.15) is 18.1 Å². The van der Waals surface area contributed by atoms with Crippen LogP contribution in [0.4, 0.5) is 5.69 Å². The summed E-state index contributed by atoms with van der Waals surface area (Å²) < 4.78 is 34.2. The number of anilines is 1. The van der Waals surface area contributed by atoms with Gasteiger partial charge in [0, 0.05) is 18.6 Å². The molecule has 0 aliphatic carbocycles. The highest BCUT2D eigenvalue weighted by Gasteiger charge is 2.33. The van der Waals surface area contributed by atoms with E-state index in [2.05, 4.69) is 5.32 Å². The number of sulfonamides is 1. The molecule has 0 saturated heterocycles. The highest BCUT2D eigenvalue weighted by molar-refractivity contribution is 7.92. The quantitative estimate of drug-likeness (QED) is 0.383. The number of nitrogens with zero attached hydrogens (tertiary/aromatic N) is 2. The molecule has 1 N–H and O–H groups in total. The molecule has 0 aromatic heterocycles. The van der Waals surface area contributed by atoms with Gasteiger partial charge in [0.05, 0.1) is 17.7 Å². The topological polar surface area (TPSA) is 96.0 Å². The number of methoxy groups -OCH3 is 1. The van der Waals surface area contributed by atoms with Gasteiger partial charge in [0.25, 0.3) is 10.0 Å². The van der Waals surface area contributed by atoms with E-state index in [4.69, 9.17) is 16.3 Å². The number of likely N-dealkylation sites (N-methyl/N-ethyl adjacent to an activating group) is 1. The molecular weight excluding hydrogens is 526 g/mol. The summed E-state index contributed by atoms with van der Waals surface area (Å²) in [5, 5.41) is 2.84. The first kappa shape index (κ1) is 29.0. The average Bonchev–Trinajstić information content (AvgIpc) is 2.91. The number of halogens is 1. The number of amides is 2. The summed E-state index contributed by atoms with van der Waals surface area (Å²) in [4.78, 5) is 27.7. The molecule has 0 heterocycles. The number of hydrogen-bond donors (Lipinski definition) is 1. The Morgan fingerprint density at radius 2 is 1.68 bits per heavy atom. The first-order valence-corrected chi connectivity index (χ1v) is 13.9. The van der Waals surface area contributed by atoms with Crippen LogP contribution in [-0.2, 0) is 26.0 Å². The van der Waals surface area contributed by atoms with Gasteiger partial charge in [-0.2, -0.15) is 0 Å². The summed E-state index contributed by atoms with van der Waals surface area (Å²) in [6.45, 7) is 3.11. The molecule has 3 aromatic carbocycles. The van der Waals surface area contributed by atoms with Crippen LogP contribution in [0.5, 0.6) is 5.75 Å². The van der Waals surface area contributed by atoms with Crippen LogP contribution in [-0.4, -0.2) is 58.4 Å². The molecule has 2 amide bonds. The maximum absolute atomic E-state index is 13.9. The number of hydrogen-bond acceptors (Lipinski definition) is 5. The van der Waals surface area contributed by atoms with E-state index in [1.165, 1.54) is 37.3 Å². The van der Waals surface area contributed by atoms with Crippen molar-refractivity contribution in [1.29, 1.82) is 0 Å². The van der Waals surface area contributed by atoms with Gasteiger partial charge in [0.1, 0.15) is 18.3 Å². The molecular formula is C28H32ClN3O5S. The lowest BCUT2D eigenvalue weighted by Gasteiger charge is -2.32. The Bertz CT molecular complexity index is 1360. The number of rotatable bonds is 11. The van der Waals surface area contributed by atoms with Gasteiger partial charge in [0.15, 0.2) is 0 Å². The Morgan fingerprint density at radius 3 is 2.29 bits per heavy atom. The summed E-state index contributed by atoms with van der Waals surface area (Å²) in [6.07, 6.45) is 0.485. The number of aryl methyl sites for hydroxylation is 1. The number of carbonyl (C=O) groups is 2. The summed E-state index contributed by atoms with van der Waals surface area (Å²) in [5.74, 6) is -0.678. The van der Waals surface area contributed by atoms with Gasteiger partial charge in [-0.25, -0.2) is 8.42 Å². The minimum absolute atomic E-state index is 0.00751. The third-order valence-corrected chi connectivity index (χ3v) is 8.20. The van der Waals surface area contributed by atoms with Crippen LogP contribution in [0.15, 0.2) is 77.7 Å². The zero-order chi connectivity index (χ0) is 27.9. The second-order valence-corrected chi connectivity index (χ2v) is 11.1. The maximum atomic E-state index is 13.9. The van der Waals surface area contributed by atoms with Crippen molar-refractivity contribution in [2.75, 3.05) is 31.6 Å². The van der Waals surface area contributed by atoms with Gasteiger partial charge in [-0.05, 0) is 56.2 Å². The van der Waals surface area contributed by atoms with Crippen LogP contribution in [0, 0.1) is 6.92 Å². The van der Waals surface area contributed by atoms with E-state index >= 15 is 0 Å². The Morgan fingerprint density at radius 1 is 1.03 bits per heavy atom. The standard InChI is InChI=1S/C28H32ClN3O5S/c1-20-10-13-24(14-11-20)38(35,36)32(25-18-23(29)12-15-26(25)37-4)19-27(33)31(21(2)28(34)30-3)17-16-22-8-6-5-7-9-22/h5-15,18,21H,16-17,19H2,1-4H3,(H,30,34). The zero-order valence-corrected chi connectivity index (χ0v) is 23.4. The lowest BCUT2D eigenvalue weighted by molar-refractivity contribution is -0.138. The predicted molar refractivity (Wildman–Crippen MR) is 149 cm³/mol. The van der Waals surface area contributed by atoms with Crippen LogP contribution in [0.3, 0.4) is 0 Å². The molecule has 202 valence electrons. The van der Waals surface area contributed by atoms with Crippen molar-refractivity contribution in [3.63, 3.8) is 0 Å². The molecule has 0 aliphatic heterocycles.